The van der Waals surface area contributed by atoms with Gasteiger partial charge in [-0.3, -0.25) is 9.69 Å². The molecule has 172 valence electrons. The van der Waals surface area contributed by atoms with Gasteiger partial charge in [0.2, 0.25) is 10.0 Å². The lowest BCUT2D eigenvalue weighted by Gasteiger charge is -2.28. The summed E-state index contributed by atoms with van der Waals surface area (Å²) in [5.41, 5.74) is 1.77. The first kappa shape index (κ1) is 23.1. The zero-order valence-electron chi connectivity index (χ0n) is 18.3. The molecule has 1 atom stereocenters. The number of carbonyl (C=O) groups excluding carboxylic acids is 1. The van der Waals surface area contributed by atoms with E-state index in [2.05, 4.69) is 34.5 Å². The Hall–Kier alpha value is -2.10. The number of hydrogen-bond acceptors (Lipinski definition) is 6. The molecular weight excluding hydrogens is 426 g/mol. The molecule has 2 heterocycles. The summed E-state index contributed by atoms with van der Waals surface area (Å²) in [6.45, 7) is 4.58. The number of carbonyl (C=O) groups is 1. The number of ether oxygens (including phenoxy) is 1. The number of Topliss-reactive ketones (excluding diaryl/α,β-unsaturated/α-hetero) is 1. The van der Waals surface area contributed by atoms with E-state index in [1.165, 1.54) is 34.8 Å². The van der Waals surface area contributed by atoms with Crippen LogP contribution in [-0.2, 0) is 14.8 Å². The van der Waals surface area contributed by atoms with E-state index < -0.39 is 10.0 Å². The fraction of sp³-hybridized carbons (Fsp3) is 0.458. The van der Waals surface area contributed by atoms with Gasteiger partial charge >= 0.3 is 0 Å². The third-order valence-electron chi connectivity index (χ3n) is 6.17. The van der Waals surface area contributed by atoms with E-state index in [4.69, 9.17) is 4.74 Å². The number of benzene rings is 2. The molecule has 1 N–H and O–H groups in total. The second kappa shape index (κ2) is 10.7. The molecule has 0 aromatic heterocycles. The fourth-order valence-electron chi connectivity index (χ4n) is 4.36. The molecule has 2 aromatic rings. The summed E-state index contributed by atoms with van der Waals surface area (Å²) in [6.07, 6.45) is 2.42. The first-order valence-corrected chi connectivity index (χ1v) is 12.7. The molecule has 2 aromatic carbocycles. The third kappa shape index (κ3) is 5.44. The first-order chi connectivity index (χ1) is 15.6. The Kier molecular flexibility index (Phi) is 7.70. The van der Waals surface area contributed by atoms with Gasteiger partial charge in [-0.25, -0.2) is 8.42 Å². The van der Waals surface area contributed by atoms with Gasteiger partial charge in [0.25, 0.3) is 0 Å². The summed E-state index contributed by atoms with van der Waals surface area (Å²) in [6, 6.07) is 16.9. The minimum atomic E-state index is -3.55. The number of ketones is 1. The minimum Gasteiger partial charge on any atom is -0.379 e. The van der Waals surface area contributed by atoms with Crippen LogP contribution in [0.3, 0.4) is 0 Å². The van der Waals surface area contributed by atoms with Crippen molar-refractivity contribution in [2.75, 3.05) is 52.5 Å². The van der Waals surface area contributed by atoms with Gasteiger partial charge < -0.3 is 10.1 Å². The van der Waals surface area contributed by atoms with Gasteiger partial charge in [-0.2, -0.15) is 4.31 Å². The van der Waals surface area contributed by atoms with Crippen molar-refractivity contribution in [2.45, 2.75) is 23.8 Å². The Morgan fingerprint density at radius 1 is 0.938 bits per heavy atom. The molecule has 0 spiro atoms. The van der Waals surface area contributed by atoms with Crippen molar-refractivity contribution in [2.24, 2.45) is 0 Å². The van der Waals surface area contributed by atoms with Crippen molar-refractivity contribution in [3.05, 3.63) is 65.7 Å². The van der Waals surface area contributed by atoms with Gasteiger partial charge in [-0.15, -0.1) is 0 Å². The third-order valence-corrected chi connectivity index (χ3v) is 8.09. The summed E-state index contributed by atoms with van der Waals surface area (Å²) in [5.74, 6) is -0.0476. The number of likely N-dealkylation sites (tertiary alicyclic amines) is 1. The second-order valence-electron chi connectivity index (χ2n) is 8.26. The number of hydrogen-bond donors (Lipinski definition) is 1. The normalized spacial score (nSPS) is 19.1. The van der Waals surface area contributed by atoms with Gasteiger partial charge in [0.1, 0.15) is 0 Å². The van der Waals surface area contributed by atoms with Crippen LogP contribution in [0, 0.1) is 0 Å². The number of sulfonamides is 1. The molecular formula is C24H31N3O4S. The maximum absolute atomic E-state index is 12.7. The zero-order chi connectivity index (χ0) is 22.4. The largest absolute Gasteiger partial charge is 0.379 e. The molecule has 0 amide bonds. The van der Waals surface area contributed by atoms with Crippen LogP contribution < -0.4 is 5.32 Å². The van der Waals surface area contributed by atoms with E-state index in [0.29, 0.717) is 38.4 Å². The van der Waals surface area contributed by atoms with E-state index in [-0.39, 0.29) is 23.3 Å². The quantitative estimate of drug-likeness (QED) is 0.583. The molecule has 2 aliphatic heterocycles. The minimum absolute atomic E-state index is 0.0476. The van der Waals surface area contributed by atoms with E-state index in [0.717, 1.165) is 13.1 Å². The van der Waals surface area contributed by atoms with Crippen molar-refractivity contribution in [1.29, 1.82) is 0 Å². The Labute approximate surface area is 190 Å². The number of nitrogens with one attached hydrogen (secondary N) is 1. The molecule has 0 saturated carbocycles. The molecule has 0 radical (unpaired) electrons. The Balaban J connectivity index is 1.35. The summed E-state index contributed by atoms with van der Waals surface area (Å²) in [7, 11) is -3.55. The molecule has 7 nitrogen and oxygen atoms in total. The van der Waals surface area contributed by atoms with Crippen LogP contribution >= 0.6 is 0 Å². The molecule has 32 heavy (non-hydrogen) atoms. The highest BCUT2D eigenvalue weighted by Crippen LogP contribution is 2.24. The van der Waals surface area contributed by atoms with E-state index in [1.807, 2.05) is 6.07 Å². The zero-order valence-corrected chi connectivity index (χ0v) is 19.1. The Bertz CT molecular complexity index is 984. The molecule has 0 aliphatic carbocycles. The SMILES string of the molecule is O=C(CNCC(c1ccccc1)N1CCCC1)c1ccc(S(=O)(=O)N2CCOCC2)cc1. The molecule has 2 aliphatic rings. The van der Waals surface area contributed by atoms with Crippen LogP contribution in [0.2, 0.25) is 0 Å². The summed E-state index contributed by atoms with van der Waals surface area (Å²) >= 11 is 0. The number of nitrogens with zero attached hydrogens (tertiary/aromatic N) is 2. The summed E-state index contributed by atoms with van der Waals surface area (Å²) in [4.78, 5) is 15.4. The van der Waals surface area contributed by atoms with E-state index in [9.17, 15) is 13.2 Å². The Morgan fingerprint density at radius 2 is 1.59 bits per heavy atom. The van der Waals surface area contributed by atoms with Gasteiger partial charge in [0.15, 0.2) is 5.78 Å². The van der Waals surface area contributed by atoms with Crippen LogP contribution in [0.1, 0.15) is 34.8 Å². The standard InChI is InChI=1S/C24H31N3O4S/c28-24(19-25-18-23(26-12-4-5-13-26)20-6-2-1-3-7-20)21-8-10-22(11-9-21)32(29,30)27-14-16-31-17-15-27/h1-3,6-11,23,25H,4-5,12-19H2. The van der Waals surface area contributed by atoms with Crippen LogP contribution in [0.15, 0.2) is 59.5 Å². The monoisotopic (exact) mass is 457 g/mol. The second-order valence-corrected chi connectivity index (χ2v) is 10.2. The maximum Gasteiger partial charge on any atom is 0.243 e. The topological polar surface area (TPSA) is 79.0 Å². The van der Waals surface area contributed by atoms with Gasteiger partial charge in [-0.05, 0) is 43.6 Å². The lowest BCUT2D eigenvalue weighted by Crippen LogP contribution is -2.40. The highest BCUT2D eigenvalue weighted by molar-refractivity contribution is 7.89. The molecule has 4 rings (SSSR count). The van der Waals surface area contributed by atoms with Crippen molar-refractivity contribution in [3.8, 4) is 0 Å². The van der Waals surface area contributed by atoms with Crippen molar-refractivity contribution < 1.29 is 17.9 Å². The first-order valence-electron chi connectivity index (χ1n) is 11.3. The van der Waals surface area contributed by atoms with Crippen LogP contribution in [0.5, 0.6) is 0 Å². The lowest BCUT2D eigenvalue weighted by atomic mass is 10.1. The maximum atomic E-state index is 12.7. The van der Waals surface area contributed by atoms with Crippen molar-refractivity contribution >= 4 is 15.8 Å². The summed E-state index contributed by atoms with van der Waals surface area (Å²) < 4.78 is 32.2. The van der Waals surface area contributed by atoms with Crippen LogP contribution in [0.4, 0.5) is 0 Å². The summed E-state index contributed by atoms with van der Waals surface area (Å²) in [5, 5.41) is 3.32. The van der Waals surface area contributed by atoms with E-state index in [1.54, 1.807) is 12.1 Å². The molecule has 2 fully saturated rings. The Morgan fingerprint density at radius 3 is 2.25 bits per heavy atom. The lowest BCUT2D eigenvalue weighted by molar-refractivity contribution is 0.0730. The van der Waals surface area contributed by atoms with Crippen molar-refractivity contribution in [3.63, 3.8) is 0 Å². The average Bonchev–Trinajstić information content (AvgIpc) is 3.37. The van der Waals surface area contributed by atoms with Crippen LogP contribution in [-0.4, -0.2) is 75.9 Å². The molecule has 1 unspecified atom stereocenters. The highest BCUT2D eigenvalue weighted by Gasteiger charge is 2.26. The molecule has 2 saturated heterocycles. The highest BCUT2D eigenvalue weighted by atomic mass is 32.2. The molecule has 8 heteroatoms. The average molecular weight is 458 g/mol. The van der Waals surface area contributed by atoms with Gasteiger partial charge in [-0.1, -0.05) is 42.5 Å². The number of morpholine rings is 1. The predicted octanol–water partition coefficient (Wildman–Crippen LogP) is 2.32. The fourth-order valence-corrected chi connectivity index (χ4v) is 5.77. The molecule has 0 bridgehead atoms. The van der Waals surface area contributed by atoms with Gasteiger partial charge in [0, 0.05) is 31.2 Å². The van der Waals surface area contributed by atoms with E-state index >= 15 is 0 Å². The predicted molar refractivity (Wildman–Crippen MR) is 123 cm³/mol. The smallest absolute Gasteiger partial charge is 0.243 e. The van der Waals surface area contributed by atoms with Crippen LogP contribution in [0.25, 0.3) is 0 Å². The number of rotatable bonds is 9. The van der Waals surface area contributed by atoms with Crippen molar-refractivity contribution in [1.82, 2.24) is 14.5 Å². The van der Waals surface area contributed by atoms with Gasteiger partial charge in [0.05, 0.1) is 24.7 Å².